The molecular weight excluding hydrogens is 385 g/mol. The van der Waals surface area contributed by atoms with Crippen LogP contribution in [0.15, 0.2) is 43.0 Å². The van der Waals surface area contributed by atoms with Crippen LogP contribution in [-0.4, -0.2) is 34.0 Å². The van der Waals surface area contributed by atoms with Crippen molar-refractivity contribution in [2.24, 2.45) is 0 Å². The van der Waals surface area contributed by atoms with Crippen LogP contribution in [0.5, 0.6) is 5.75 Å². The molecule has 0 N–H and O–H groups in total. The van der Waals surface area contributed by atoms with Crippen LogP contribution in [0.1, 0.15) is 21.5 Å². The Morgan fingerprint density at radius 3 is 2.66 bits per heavy atom. The number of carbonyl (C=O) groups excluding carboxylic acids is 1. The first-order valence-corrected chi connectivity index (χ1v) is 8.79. The van der Waals surface area contributed by atoms with Crippen LogP contribution in [0.2, 0.25) is 0 Å². The standard InChI is InChI=1S/C20H17F3N4O2/c1-12-3-13(14-5-17(29-2)8-24-6-14)4-15-9-27(19(28)18(12)15)16-7-25-26(10-16)11-20(21,22)23/h3-8,10H,9,11H2,1-2H3. The number of ether oxygens (including phenoxy) is 1. The van der Waals surface area contributed by atoms with Crippen LogP contribution in [-0.2, 0) is 13.1 Å². The number of hydrogen-bond acceptors (Lipinski definition) is 4. The first-order valence-electron chi connectivity index (χ1n) is 8.79. The molecule has 0 atom stereocenters. The van der Waals surface area contributed by atoms with Gasteiger partial charge >= 0.3 is 6.18 Å². The van der Waals surface area contributed by atoms with Crippen LogP contribution >= 0.6 is 0 Å². The van der Waals surface area contributed by atoms with E-state index in [1.807, 2.05) is 25.1 Å². The highest BCUT2D eigenvalue weighted by atomic mass is 19.4. The lowest BCUT2D eigenvalue weighted by atomic mass is 9.97. The van der Waals surface area contributed by atoms with Crippen molar-refractivity contribution >= 4 is 11.6 Å². The van der Waals surface area contributed by atoms with Gasteiger partial charge in [-0.3, -0.25) is 14.5 Å². The van der Waals surface area contributed by atoms with Crippen molar-refractivity contribution in [3.63, 3.8) is 0 Å². The molecule has 29 heavy (non-hydrogen) atoms. The van der Waals surface area contributed by atoms with Gasteiger partial charge in [-0.25, -0.2) is 0 Å². The Morgan fingerprint density at radius 1 is 1.14 bits per heavy atom. The lowest BCUT2D eigenvalue weighted by Gasteiger charge is -2.12. The maximum Gasteiger partial charge on any atom is 0.408 e. The van der Waals surface area contributed by atoms with E-state index in [2.05, 4.69) is 10.1 Å². The summed E-state index contributed by atoms with van der Waals surface area (Å²) in [4.78, 5) is 18.5. The maximum absolute atomic E-state index is 12.9. The minimum Gasteiger partial charge on any atom is -0.495 e. The summed E-state index contributed by atoms with van der Waals surface area (Å²) in [5, 5.41) is 3.73. The highest BCUT2D eigenvalue weighted by molar-refractivity contribution is 6.11. The van der Waals surface area contributed by atoms with Gasteiger partial charge in [0.05, 0.1) is 31.7 Å². The Kier molecular flexibility index (Phi) is 4.52. The summed E-state index contributed by atoms with van der Waals surface area (Å²) in [6, 6.07) is 5.64. The van der Waals surface area contributed by atoms with Crippen LogP contribution in [0, 0.1) is 6.92 Å². The summed E-state index contributed by atoms with van der Waals surface area (Å²) in [7, 11) is 1.56. The van der Waals surface area contributed by atoms with Crippen molar-refractivity contribution in [3.8, 4) is 16.9 Å². The molecule has 0 aliphatic carbocycles. The van der Waals surface area contributed by atoms with Crippen LogP contribution in [0.4, 0.5) is 18.9 Å². The number of anilines is 1. The molecule has 3 aromatic rings. The third-order valence-electron chi connectivity index (χ3n) is 4.76. The van der Waals surface area contributed by atoms with Crippen molar-refractivity contribution in [1.29, 1.82) is 0 Å². The molecule has 0 bridgehead atoms. The summed E-state index contributed by atoms with van der Waals surface area (Å²) in [6.07, 6.45) is 1.45. The third kappa shape index (κ3) is 3.67. The maximum atomic E-state index is 12.9. The summed E-state index contributed by atoms with van der Waals surface area (Å²) < 4.78 is 43.7. The highest BCUT2D eigenvalue weighted by Gasteiger charge is 2.33. The second-order valence-corrected chi connectivity index (χ2v) is 6.84. The van der Waals surface area contributed by atoms with E-state index in [4.69, 9.17) is 4.74 Å². The first kappa shape index (κ1) is 19.0. The van der Waals surface area contributed by atoms with Crippen LogP contribution < -0.4 is 9.64 Å². The molecule has 150 valence electrons. The van der Waals surface area contributed by atoms with Crippen molar-refractivity contribution in [2.75, 3.05) is 12.0 Å². The van der Waals surface area contributed by atoms with Gasteiger partial charge in [-0.1, -0.05) is 6.07 Å². The molecule has 0 unspecified atom stereocenters. The number of carbonyl (C=O) groups is 1. The van der Waals surface area contributed by atoms with Crippen LogP contribution in [0.25, 0.3) is 11.1 Å². The van der Waals surface area contributed by atoms with Crippen molar-refractivity contribution in [1.82, 2.24) is 14.8 Å². The number of aromatic nitrogens is 3. The van der Waals surface area contributed by atoms with E-state index in [0.717, 1.165) is 26.9 Å². The largest absolute Gasteiger partial charge is 0.495 e. The number of halogens is 3. The van der Waals surface area contributed by atoms with Crippen molar-refractivity contribution in [3.05, 3.63) is 59.7 Å². The number of fused-ring (bicyclic) bond motifs is 1. The second kappa shape index (κ2) is 6.91. The smallest absolute Gasteiger partial charge is 0.408 e. The molecule has 1 amide bonds. The van der Waals surface area contributed by atoms with E-state index in [-0.39, 0.29) is 12.5 Å². The molecule has 0 spiro atoms. The summed E-state index contributed by atoms with van der Waals surface area (Å²) in [6.45, 7) is 0.899. The summed E-state index contributed by atoms with van der Waals surface area (Å²) >= 11 is 0. The fourth-order valence-corrected chi connectivity index (χ4v) is 3.49. The first-order chi connectivity index (χ1) is 13.7. The minimum atomic E-state index is -4.38. The Hall–Kier alpha value is -3.36. The molecule has 1 aromatic carbocycles. The Bertz CT molecular complexity index is 1090. The molecule has 0 saturated carbocycles. The molecule has 0 radical (unpaired) electrons. The van der Waals surface area contributed by atoms with E-state index in [1.165, 1.54) is 17.3 Å². The molecular formula is C20H17F3N4O2. The zero-order valence-electron chi connectivity index (χ0n) is 15.7. The molecule has 4 rings (SSSR count). The van der Waals surface area contributed by atoms with Gasteiger partial charge in [-0.2, -0.15) is 18.3 Å². The lowest BCUT2D eigenvalue weighted by molar-refractivity contribution is -0.142. The third-order valence-corrected chi connectivity index (χ3v) is 4.76. The average molecular weight is 402 g/mol. The molecule has 1 aliphatic rings. The molecule has 6 nitrogen and oxygen atoms in total. The number of amides is 1. The lowest BCUT2D eigenvalue weighted by Crippen LogP contribution is -2.23. The van der Waals surface area contributed by atoms with E-state index < -0.39 is 12.7 Å². The zero-order chi connectivity index (χ0) is 20.8. The van der Waals surface area contributed by atoms with Crippen molar-refractivity contribution < 1.29 is 22.7 Å². The number of nitrogens with zero attached hydrogens (tertiary/aromatic N) is 4. The number of aryl methyl sites for hydroxylation is 1. The molecule has 0 fully saturated rings. The van der Waals surface area contributed by atoms with Gasteiger partial charge in [0.15, 0.2) is 0 Å². The number of methoxy groups -OCH3 is 1. The Morgan fingerprint density at radius 2 is 1.93 bits per heavy atom. The van der Waals surface area contributed by atoms with Gasteiger partial charge in [-0.05, 0) is 35.7 Å². The quantitative estimate of drug-likeness (QED) is 0.662. The number of hydrogen-bond donors (Lipinski definition) is 0. The number of rotatable bonds is 4. The average Bonchev–Trinajstić information content (AvgIpc) is 3.24. The zero-order valence-corrected chi connectivity index (χ0v) is 15.7. The monoisotopic (exact) mass is 402 g/mol. The van der Waals surface area contributed by atoms with Gasteiger partial charge in [0, 0.05) is 23.5 Å². The van der Waals surface area contributed by atoms with Crippen LogP contribution in [0.3, 0.4) is 0 Å². The Balaban J connectivity index is 1.65. The van der Waals surface area contributed by atoms with E-state index >= 15 is 0 Å². The SMILES string of the molecule is COc1cncc(-c2cc(C)c3c(c2)CN(c2cnn(CC(F)(F)F)c2)C3=O)c1. The number of alkyl halides is 3. The summed E-state index contributed by atoms with van der Waals surface area (Å²) in [5.74, 6) is 0.370. The van der Waals surface area contributed by atoms with Gasteiger partial charge in [-0.15, -0.1) is 0 Å². The summed E-state index contributed by atoms with van der Waals surface area (Å²) in [5.41, 5.74) is 4.22. The minimum absolute atomic E-state index is 0.251. The van der Waals surface area contributed by atoms with E-state index in [9.17, 15) is 18.0 Å². The van der Waals surface area contributed by atoms with Crippen molar-refractivity contribution in [2.45, 2.75) is 26.2 Å². The number of benzene rings is 1. The fourth-order valence-electron chi connectivity index (χ4n) is 3.49. The molecule has 1 aliphatic heterocycles. The second-order valence-electron chi connectivity index (χ2n) is 6.84. The van der Waals surface area contributed by atoms with E-state index in [1.54, 1.807) is 19.5 Å². The highest BCUT2D eigenvalue weighted by Crippen LogP contribution is 2.34. The van der Waals surface area contributed by atoms with Gasteiger partial charge in [0.25, 0.3) is 5.91 Å². The normalized spacial score (nSPS) is 13.7. The van der Waals surface area contributed by atoms with Gasteiger partial charge < -0.3 is 9.64 Å². The molecule has 2 aromatic heterocycles. The topological polar surface area (TPSA) is 60.2 Å². The number of pyridine rings is 1. The fraction of sp³-hybridized carbons (Fsp3) is 0.250. The molecule has 0 saturated heterocycles. The molecule has 9 heteroatoms. The Labute approximate surface area is 164 Å². The molecule has 3 heterocycles. The predicted octanol–water partition coefficient (Wildman–Crippen LogP) is 3.98. The van der Waals surface area contributed by atoms with E-state index in [0.29, 0.717) is 17.0 Å². The van der Waals surface area contributed by atoms with Gasteiger partial charge in [0.1, 0.15) is 12.3 Å². The predicted molar refractivity (Wildman–Crippen MR) is 99.8 cm³/mol. The van der Waals surface area contributed by atoms with Gasteiger partial charge in [0.2, 0.25) is 0 Å².